The molecule has 2 rings (SSSR count). The number of rotatable bonds is 2. The molecule has 0 aliphatic carbocycles. The third-order valence-corrected chi connectivity index (χ3v) is 2.10. The molecule has 0 fully saturated rings. The Morgan fingerprint density at radius 3 is 2.81 bits per heavy atom. The SMILES string of the molecule is Cc1cccc([N+](=O)[O-])c1-c1n[nH]c(=O)o1. The molecule has 7 nitrogen and oxygen atoms in total. The number of aryl methyl sites for hydroxylation is 1. The van der Waals surface area contributed by atoms with Crippen LogP contribution in [0.5, 0.6) is 0 Å². The molecule has 16 heavy (non-hydrogen) atoms. The first-order chi connectivity index (χ1) is 7.59. The number of benzene rings is 1. The molecule has 0 amide bonds. The molecule has 0 aliphatic rings. The minimum atomic E-state index is -0.743. The smallest absolute Gasteiger partial charge is 0.387 e. The highest BCUT2D eigenvalue weighted by Crippen LogP contribution is 2.30. The van der Waals surface area contributed by atoms with E-state index in [-0.39, 0.29) is 17.1 Å². The summed E-state index contributed by atoms with van der Waals surface area (Å²) in [4.78, 5) is 21.1. The van der Waals surface area contributed by atoms with Crippen molar-refractivity contribution in [1.29, 1.82) is 0 Å². The Hall–Kier alpha value is -2.44. The van der Waals surface area contributed by atoms with E-state index < -0.39 is 10.7 Å². The van der Waals surface area contributed by atoms with Crippen LogP contribution in [0, 0.1) is 17.0 Å². The molecule has 2 aromatic rings. The van der Waals surface area contributed by atoms with Crippen LogP contribution in [0.1, 0.15) is 5.56 Å². The molecule has 7 heteroatoms. The topological polar surface area (TPSA) is 102 Å². The van der Waals surface area contributed by atoms with Gasteiger partial charge in [0.15, 0.2) is 0 Å². The third kappa shape index (κ3) is 1.58. The molecule has 0 bridgehead atoms. The van der Waals surface area contributed by atoms with Crippen LogP contribution in [0.25, 0.3) is 11.5 Å². The Morgan fingerprint density at radius 1 is 1.50 bits per heavy atom. The van der Waals surface area contributed by atoms with Crippen molar-refractivity contribution in [3.63, 3.8) is 0 Å². The van der Waals surface area contributed by atoms with Gasteiger partial charge in [-0.15, -0.1) is 5.10 Å². The second-order valence-electron chi connectivity index (χ2n) is 3.14. The molecule has 1 aromatic heterocycles. The highest BCUT2D eigenvalue weighted by molar-refractivity contribution is 5.70. The van der Waals surface area contributed by atoms with Crippen LogP contribution in [0.4, 0.5) is 5.69 Å². The Morgan fingerprint density at radius 2 is 2.25 bits per heavy atom. The first kappa shape index (κ1) is 10.1. The van der Waals surface area contributed by atoms with Gasteiger partial charge in [-0.3, -0.25) is 10.1 Å². The lowest BCUT2D eigenvalue weighted by atomic mass is 10.1. The molecule has 0 aliphatic heterocycles. The minimum Gasteiger partial charge on any atom is -0.387 e. The van der Waals surface area contributed by atoms with Gasteiger partial charge in [0.05, 0.1) is 4.92 Å². The first-order valence-corrected chi connectivity index (χ1v) is 4.39. The third-order valence-electron chi connectivity index (χ3n) is 2.10. The zero-order valence-electron chi connectivity index (χ0n) is 8.26. The van der Waals surface area contributed by atoms with Gasteiger partial charge in [-0.2, -0.15) is 0 Å². The fourth-order valence-electron chi connectivity index (χ4n) is 1.42. The van der Waals surface area contributed by atoms with Gasteiger partial charge in [-0.1, -0.05) is 12.1 Å². The summed E-state index contributed by atoms with van der Waals surface area (Å²) >= 11 is 0. The Balaban J connectivity index is 2.72. The van der Waals surface area contributed by atoms with Crippen LogP contribution in [0.2, 0.25) is 0 Å². The largest absolute Gasteiger partial charge is 0.434 e. The van der Waals surface area contributed by atoms with Crippen molar-refractivity contribution in [2.75, 3.05) is 0 Å². The molecule has 0 radical (unpaired) electrons. The average Bonchev–Trinajstić information content (AvgIpc) is 2.64. The van der Waals surface area contributed by atoms with E-state index in [0.29, 0.717) is 5.56 Å². The van der Waals surface area contributed by atoms with E-state index in [2.05, 4.69) is 10.2 Å². The molecule has 1 heterocycles. The Kier molecular flexibility index (Phi) is 2.28. The van der Waals surface area contributed by atoms with Crippen molar-refractivity contribution in [3.8, 4) is 11.5 Å². The van der Waals surface area contributed by atoms with E-state index in [0.717, 1.165) is 0 Å². The molecular formula is C9H7N3O4. The molecule has 1 N–H and O–H groups in total. The predicted molar refractivity (Wildman–Crippen MR) is 54.0 cm³/mol. The monoisotopic (exact) mass is 221 g/mol. The highest BCUT2D eigenvalue weighted by atomic mass is 16.6. The Bertz CT molecular complexity index is 599. The second kappa shape index (κ2) is 3.61. The van der Waals surface area contributed by atoms with E-state index in [4.69, 9.17) is 4.42 Å². The standard InChI is InChI=1S/C9H7N3O4/c1-5-3-2-4-6(12(14)15)7(5)8-10-11-9(13)16-8/h2-4H,1H3,(H,11,13). The summed E-state index contributed by atoms with van der Waals surface area (Å²) in [6, 6.07) is 4.57. The number of hydrogen-bond acceptors (Lipinski definition) is 5. The van der Waals surface area contributed by atoms with E-state index in [1.165, 1.54) is 6.07 Å². The molecule has 0 saturated heterocycles. The van der Waals surface area contributed by atoms with Gasteiger partial charge in [0.2, 0.25) is 0 Å². The molecule has 82 valence electrons. The number of aromatic amines is 1. The summed E-state index contributed by atoms with van der Waals surface area (Å²) in [6.07, 6.45) is 0. The van der Waals surface area contributed by atoms with E-state index in [1.54, 1.807) is 19.1 Å². The van der Waals surface area contributed by atoms with Crippen molar-refractivity contribution >= 4 is 5.69 Å². The molecule has 0 atom stereocenters. The fraction of sp³-hybridized carbons (Fsp3) is 0.111. The van der Waals surface area contributed by atoms with Gasteiger partial charge in [0.1, 0.15) is 5.56 Å². The fourth-order valence-corrected chi connectivity index (χ4v) is 1.42. The molecule has 1 aromatic carbocycles. The van der Waals surface area contributed by atoms with E-state index in [1.807, 2.05) is 0 Å². The number of hydrogen-bond donors (Lipinski definition) is 1. The molecule has 0 spiro atoms. The van der Waals surface area contributed by atoms with Gasteiger partial charge in [-0.25, -0.2) is 9.89 Å². The van der Waals surface area contributed by atoms with Crippen molar-refractivity contribution in [3.05, 3.63) is 44.4 Å². The molecule has 0 saturated carbocycles. The Labute approximate surface area is 88.9 Å². The van der Waals surface area contributed by atoms with Crippen LogP contribution in [-0.4, -0.2) is 15.1 Å². The van der Waals surface area contributed by atoms with E-state index >= 15 is 0 Å². The quantitative estimate of drug-likeness (QED) is 0.607. The number of H-pyrrole nitrogens is 1. The van der Waals surface area contributed by atoms with Gasteiger partial charge < -0.3 is 4.42 Å². The maximum atomic E-state index is 10.8. The van der Waals surface area contributed by atoms with Crippen LogP contribution in [-0.2, 0) is 0 Å². The number of aromatic nitrogens is 2. The average molecular weight is 221 g/mol. The van der Waals surface area contributed by atoms with Gasteiger partial charge >= 0.3 is 5.76 Å². The van der Waals surface area contributed by atoms with Crippen LogP contribution < -0.4 is 5.76 Å². The van der Waals surface area contributed by atoms with Crippen LogP contribution in [0.3, 0.4) is 0 Å². The number of nitro benzene ring substituents is 1. The van der Waals surface area contributed by atoms with Gasteiger partial charge in [-0.05, 0) is 12.5 Å². The molecular weight excluding hydrogens is 214 g/mol. The maximum Gasteiger partial charge on any atom is 0.434 e. The normalized spacial score (nSPS) is 10.3. The van der Waals surface area contributed by atoms with Gasteiger partial charge in [0.25, 0.3) is 11.6 Å². The summed E-state index contributed by atoms with van der Waals surface area (Å²) in [6.45, 7) is 1.68. The summed E-state index contributed by atoms with van der Waals surface area (Å²) in [7, 11) is 0. The minimum absolute atomic E-state index is 0.0743. The number of nitro groups is 1. The lowest BCUT2D eigenvalue weighted by Crippen LogP contribution is -1.94. The van der Waals surface area contributed by atoms with Crippen LogP contribution in [0.15, 0.2) is 27.4 Å². The zero-order chi connectivity index (χ0) is 11.7. The van der Waals surface area contributed by atoms with Crippen molar-refractivity contribution in [2.24, 2.45) is 0 Å². The number of nitrogens with zero attached hydrogens (tertiary/aromatic N) is 2. The highest BCUT2D eigenvalue weighted by Gasteiger charge is 2.21. The zero-order valence-corrected chi connectivity index (χ0v) is 8.26. The predicted octanol–water partition coefficient (Wildman–Crippen LogP) is 1.25. The van der Waals surface area contributed by atoms with Crippen molar-refractivity contribution in [2.45, 2.75) is 6.92 Å². The molecule has 0 unspecified atom stereocenters. The second-order valence-corrected chi connectivity index (χ2v) is 3.14. The van der Waals surface area contributed by atoms with Crippen molar-refractivity contribution in [1.82, 2.24) is 10.2 Å². The first-order valence-electron chi connectivity index (χ1n) is 4.39. The van der Waals surface area contributed by atoms with E-state index in [9.17, 15) is 14.9 Å². The number of nitrogens with one attached hydrogen (secondary N) is 1. The summed E-state index contributed by atoms with van der Waals surface area (Å²) in [5.41, 5.74) is 0.686. The van der Waals surface area contributed by atoms with Crippen LogP contribution >= 0.6 is 0 Å². The summed E-state index contributed by atoms with van der Waals surface area (Å²) in [5.74, 6) is -0.817. The van der Waals surface area contributed by atoms with Gasteiger partial charge in [0, 0.05) is 6.07 Å². The summed E-state index contributed by atoms with van der Waals surface area (Å²) < 4.78 is 4.71. The van der Waals surface area contributed by atoms with Crippen molar-refractivity contribution < 1.29 is 9.34 Å². The lowest BCUT2D eigenvalue weighted by molar-refractivity contribution is -0.384. The summed E-state index contributed by atoms with van der Waals surface area (Å²) in [5, 5.41) is 16.4. The maximum absolute atomic E-state index is 10.8. The lowest BCUT2D eigenvalue weighted by Gasteiger charge is -2.01.